The van der Waals surface area contributed by atoms with Gasteiger partial charge in [-0.05, 0) is 31.0 Å². The van der Waals surface area contributed by atoms with Crippen LogP contribution in [-0.2, 0) is 10.2 Å². The number of halogens is 1. The number of nitrogen functional groups attached to an aromatic ring is 1. The number of rotatable bonds is 3. The topological polar surface area (TPSA) is 66.6 Å². The first kappa shape index (κ1) is 15.4. The van der Waals surface area contributed by atoms with E-state index in [1.807, 2.05) is 0 Å². The lowest BCUT2D eigenvalue weighted by Gasteiger charge is -2.28. The van der Waals surface area contributed by atoms with Crippen molar-refractivity contribution in [1.82, 2.24) is 4.31 Å². The van der Waals surface area contributed by atoms with E-state index < -0.39 is 10.2 Å². The standard InChI is InChI=1S/C13H20ClN3O2S/c1-16(13-10-11(14)6-7-12(13)15)20(18,19)17-8-4-2-3-5-9-17/h6-7,10H,2-5,8-9,15H2,1H3. The van der Waals surface area contributed by atoms with Crippen LogP contribution in [0.4, 0.5) is 11.4 Å². The van der Waals surface area contributed by atoms with Crippen molar-refractivity contribution in [1.29, 1.82) is 0 Å². The van der Waals surface area contributed by atoms with E-state index in [1.54, 1.807) is 18.2 Å². The first-order valence-corrected chi connectivity index (χ1v) is 8.49. The molecule has 0 radical (unpaired) electrons. The summed E-state index contributed by atoms with van der Waals surface area (Å²) in [4.78, 5) is 0. The van der Waals surface area contributed by atoms with Gasteiger partial charge in [-0.15, -0.1) is 0 Å². The van der Waals surface area contributed by atoms with Crippen LogP contribution in [0.25, 0.3) is 0 Å². The number of nitrogens with two attached hydrogens (primary N) is 1. The third kappa shape index (κ3) is 3.19. The summed E-state index contributed by atoms with van der Waals surface area (Å²) in [6.45, 7) is 1.13. The number of benzene rings is 1. The van der Waals surface area contributed by atoms with Crippen LogP contribution in [-0.4, -0.2) is 32.9 Å². The monoisotopic (exact) mass is 317 g/mol. The fourth-order valence-electron chi connectivity index (χ4n) is 2.36. The minimum Gasteiger partial charge on any atom is -0.397 e. The summed E-state index contributed by atoms with van der Waals surface area (Å²) in [7, 11) is -2.03. The molecule has 0 spiro atoms. The highest BCUT2D eigenvalue weighted by atomic mass is 35.5. The van der Waals surface area contributed by atoms with Gasteiger partial charge in [-0.2, -0.15) is 12.7 Å². The van der Waals surface area contributed by atoms with Gasteiger partial charge in [0, 0.05) is 25.2 Å². The number of nitrogens with zero attached hydrogens (tertiary/aromatic N) is 2. The zero-order chi connectivity index (χ0) is 14.8. The Kier molecular flexibility index (Phi) is 4.78. The molecular formula is C13H20ClN3O2S. The van der Waals surface area contributed by atoms with E-state index in [2.05, 4.69) is 0 Å². The molecule has 1 aromatic carbocycles. The second-order valence-corrected chi connectivity index (χ2v) is 7.39. The quantitative estimate of drug-likeness (QED) is 0.871. The molecule has 20 heavy (non-hydrogen) atoms. The lowest BCUT2D eigenvalue weighted by atomic mass is 10.2. The van der Waals surface area contributed by atoms with E-state index in [0.29, 0.717) is 29.5 Å². The molecule has 1 saturated heterocycles. The summed E-state index contributed by atoms with van der Waals surface area (Å²) in [5, 5.41) is 0.465. The van der Waals surface area contributed by atoms with Gasteiger partial charge in [0.25, 0.3) is 0 Å². The Morgan fingerprint density at radius 3 is 2.40 bits per heavy atom. The van der Waals surface area contributed by atoms with Crippen molar-refractivity contribution in [2.24, 2.45) is 0 Å². The van der Waals surface area contributed by atoms with Crippen molar-refractivity contribution in [3.63, 3.8) is 0 Å². The smallest absolute Gasteiger partial charge is 0.303 e. The summed E-state index contributed by atoms with van der Waals surface area (Å²) >= 11 is 5.93. The van der Waals surface area contributed by atoms with Crippen LogP contribution in [0, 0.1) is 0 Å². The molecule has 7 heteroatoms. The Morgan fingerprint density at radius 2 is 1.80 bits per heavy atom. The van der Waals surface area contributed by atoms with Gasteiger partial charge < -0.3 is 5.73 Å². The molecule has 1 aromatic rings. The molecule has 1 aliphatic heterocycles. The SMILES string of the molecule is CN(c1cc(Cl)ccc1N)S(=O)(=O)N1CCCCCC1. The fourth-order valence-corrected chi connectivity index (χ4v) is 4.00. The van der Waals surface area contributed by atoms with E-state index in [-0.39, 0.29) is 0 Å². The van der Waals surface area contributed by atoms with Gasteiger partial charge in [-0.1, -0.05) is 24.4 Å². The molecule has 2 rings (SSSR count). The summed E-state index contributed by atoms with van der Waals surface area (Å²) in [6, 6.07) is 4.84. The molecule has 2 N–H and O–H groups in total. The highest BCUT2D eigenvalue weighted by Gasteiger charge is 2.28. The first-order valence-electron chi connectivity index (χ1n) is 6.72. The van der Waals surface area contributed by atoms with Crippen molar-refractivity contribution >= 4 is 33.2 Å². The summed E-state index contributed by atoms with van der Waals surface area (Å²) in [5.41, 5.74) is 6.68. The zero-order valence-electron chi connectivity index (χ0n) is 11.5. The Labute approximate surface area is 125 Å². The van der Waals surface area contributed by atoms with E-state index in [0.717, 1.165) is 25.7 Å². The van der Waals surface area contributed by atoms with E-state index in [1.165, 1.54) is 15.7 Å². The molecule has 0 saturated carbocycles. The molecule has 0 aromatic heterocycles. The van der Waals surface area contributed by atoms with Crippen molar-refractivity contribution in [3.05, 3.63) is 23.2 Å². The molecule has 1 aliphatic rings. The van der Waals surface area contributed by atoms with Gasteiger partial charge in [0.2, 0.25) is 0 Å². The van der Waals surface area contributed by atoms with Gasteiger partial charge in [-0.25, -0.2) is 0 Å². The van der Waals surface area contributed by atoms with E-state index in [4.69, 9.17) is 17.3 Å². The van der Waals surface area contributed by atoms with Crippen LogP contribution in [0.3, 0.4) is 0 Å². The predicted molar refractivity (Wildman–Crippen MR) is 83.2 cm³/mol. The van der Waals surface area contributed by atoms with Gasteiger partial charge in [0.15, 0.2) is 0 Å². The minimum atomic E-state index is -3.55. The zero-order valence-corrected chi connectivity index (χ0v) is 13.1. The van der Waals surface area contributed by atoms with Crippen LogP contribution >= 0.6 is 11.6 Å². The third-order valence-electron chi connectivity index (χ3n) is 3.57. The highest BCUT2D eigenvalue weighted by Crippen LogP contribution is 2.29. The van der Waals surface area contributed by atoms with E-state index in [9.17, 15) is 8.42 Å². The largest absolute Gasteiger partial charge is 0.397 e. The van der Waals surface area contributed by atoms with Gasteiger partial charge in [0.05, 0.1) is 11.4 Å². The van der Waals surface area contributed by atoms with Crippen molar-refractivity contribution in [2.75, 3.05) is 30.2 Å². The lowest BCUT2D eigenvalue weighted by Crippen LogP contribution is -2.42. The fraction of sp³-hybridized carbons (Fsp3) is 0.538. The molecule has 1 heterocycles. The maximum atomic E-state index is 12.7. The maximum Gasteiger partial charge on any atom is 0.303 e. The molecular weight excluding hydrogens is 298 g/mol. The lowest BCUT2D eigenvalue weighted by molar-refractivity contribution is 0.422. The highest BCUT2D eigenvalue weighted by molar-refractivity contribution is 7.90. The Bertz CT molecular complexity index is 569. The van der Waals surface area contributed by atoms with Gasteiger partial charge >= 0.3 is 10.2 Å². The summed E-state index contributed by atoms with van der Waals surface area (Å²) in [5.74, 6) is 0. The number of hydrogen-bond donors (Lipinski definition) is 1. The van der Waals surface area contributed by atoms with Crippen molar-refractivity contribution in [3.8, 4) is 0 Å². The van der Waals surface area contributed by atoms with Crippen LogP contribution in [0.15, 0.2) is 18.2 Å². The molecule has 0 bridgehead atoms. The van der Waals surface area contributed by atoms with Crippen LogP contribution in [0.2, 0.25) is 5.02 Å². The Balaban J connectivity index is 2.30. The molecule has 0 unspecified atom stereocenters. The second-order valence-electron chi connectivity index (χ2n) is 4.99. The average Bonchev–Trinajstić information content (AvgIpc) is 2.70. The molecule has 0 aliphatic carbocycles. The van der Waals surface area contributed by atoms with Crippen LogP contribution < -0.4 is 10.0 Å². The molecule has 1 fully saturated rings. The van der Waals surface area contributed by atoms with Crippen LogP contribution in [0.1, 0.15) is 25.7 Å². The Morgan fingerprint density at radius 1 is 1.20 bits per heavy atom. The molecule has 5 nitrogen and oxygen atoms in total. The molecule has 0 atom stereocenters. The summed E-state index contributed by atoms with van der Waals surface area (Å²) in [6.07, 6.45) is 3.96. The summed E-state index contributed by atoms with van der Waals surface area (Å²) < 4.78 is 28.1. The van der Waals surface area contributed by atoms with Crippen molar-refractivity contribution < 1.29 is 8.42 Å². The second kappa shape index (κ2) is 6.20. The minimum absolute atomic E-state index is 0.398. The van der Waals surface area contributed by atoms with Gasteiger partial charge in [0.1, 0.15) is 0 Å². The third-order valence-corrected chi connectivity index (χ3v) is 5.71. The van der Waals surface area contributed by atoms with Gasteiger partial charge in [-0.3, -0.25) is 4.31 Å². The van der Waals surface area contributed by atoms with E-state index >= 15 is 0 Å². The number of hydrogen-bond acceptors (Lipinski definition) is 3. The molecule has 112 valence electrons. The first-order chi connectivity index (χ1) is 9.43. The predicted octanol–water partition coefficient (Wildman–Crippen LogP) is 2.48. The molecule has 0 amide bonds. The van der Waals surface area contributed by atoms with Crippen molar-refractivity contribution in [2.45, 2.75) is 25.7 Å². The average molecular weight is 318 g/mol. The van der Waals surface area contributed by atoms with Crippen LogP contribution in [0.5, 0.6) is 0 Å². The Hall–Kier alpha value is -0.980. The maximum absolute atomic E-state index is 12.7. The normalized spacial score (nSPS) is 17.7. The number of anilines is 2.